The lowest BCUT2D eigenvalue weighted by Gasteiger charge is -2.24. The summed E-state index contributed by atoms with van der Waals surface area (Å²) in [4.78, 5) is 17.2. The molecule has 0 fully saturated rings. The van der Waals surface area contributed by atoms with E-state index in [4.69, 9.17) is 21.4 Å². The number of aromatic nitrogens is 3. The van der Waals surface area contributed by atoms with Crippen LogP contribution in [-0.4, -0.2) is 39.8 Å². The number of ether oxygens (including phenoxy) is 1. The smallest absolute Gasteiger partial charge is 0.356 e. The number of anilines is 2. The second-order valence-corrected chi connectivity index (χ2v) is 5.61. The molecule has 2 aromatic heterocycles. The van der Waals surface area contributed by atoms with Gasteiger partial charge in [-0.05, 0) is 18.6 Å². The summed E-state index contributed by atoms with van der Waals surface area (Å²) in [6.07, 6.45) is 0. The van der Waals surface area contributed by atoms with Gasteiger partial charge in [-0.25, -0.2) is 9.78 Å². The van der Waals surface area contributed by atoms with Gasteiger partial charge in [-0.3, -0.25) is 0 Å². The van der Waals surface area contributed by atoms with Crippen LogP contribution in [0.2, 0.25) is 5.15 Å². The Morgan fingerprint density at radius 2 is 2.12 bits per heavy atom. The minimum Gasteiger partial charge on any atom is -0.495 e. The molecule has 0 spiro atoms. The van der Waals surface area contributed by atoms with Crippen LogP contribution in [0.5, 0.6) is 5.75 Å². The van der Waals surface area contributed by atoms with Gasteiger partial charge < -0.3 is 14.7 Å². The number of carbonyl (C=O) groups is 1. The summed E-state index contributed by atoms with van der Waals surface area (Å²) in [7, 11) is 3.43. The molecule has 0 saturated carbocycles. The van der Waals surface area contributed by atoms with Crippen LogP contribution in [0.3, 0.4) is 0 Å². The molecule has 0 saturated heterocycles. The standard InChI is InChI=1S/C16H15ClN4O3/c1-9-5-4-6-11(24-3)15(9)20(2)14-8-12(17)18-13-7-10(16(22)23)19-21(13)14/h4-8H,1-3H3,(H,22,23). The molecule has 0 atom stereocenters. The van der Waals surface area contributed by atoms with Crippen molar-refractivity contribution in [2.75, 3.05) is 19.1 Å². The number of nitrogens with zero attached hydrogens (tertiary/aromatic N) is 4. The lowest BCUT2D eigenvalue weighted by molar-refractivity contribution is 0.0690. The third-order valence-corrected chi connectivity index (χ3v) is 3.89. The maximum absolute atomic E-state index is 11.2. The molecule has 1 aromatic carbocycles. The highest BCUT2D eigenvalue weighted by Crippen LogP contribution is 2.36. The molecule has 24 heavy (non-hydrogen) atoms. The number of carboxylic acid groups (broad SMARTS) is 1. The van der Waals surface area contributed by atoms with Gasteiger partial charge in [-0.1, -0.05) is 23.7 Å². The molecule has 0 aliphatic heterocycles. The van der Waals surface area contributed by atoms with Gasteiger partial charge in [0.25, 0.3) is 0 Å². The Bertz CT molecular complexity index is 938. The predicted molar refractivity (Wildman–Crippen MR) is 90.8 cm³/mol. The average Bonchev–Trinajstić information content (AvgIpc) is 2.97. The van der Waals surface area contributed by atoms with Gasteiger partial charge in [0, 0.05) is 19.2 Å². The van der Waals surface area contributed by atoms with Crippen molar-refractivity contribution in [2.24, 2.45) is 0 Å². The fourth-order valence-corrected chi connectivity index (χ4v) is 2.80. The monoisotopic (exact) mass is 346 g/mol. The van der Waals surface area contributed by atoms with Crippen molar-refractivity contribution in [3.63, 3.8) is 0 Å². The second kappa shape index (κ2) is 6.01. The van der Waals surface area contributed by atoms with Crippen LogP contribution in [0.4, 0.5) is 11.5 Å². The normalized spacial score (nSPS) is 10.8. The quantitative estimate of drug-likeness (QED) is 0.731. The number of hydrogen-bond acceptors (Lipinski definition) is 5. The molecule has 0 aliphatic carbocycles. The van der Waals surface area contributed by atoms with E-state index in [0.29, 0.717) is 17.2 Å². The first kappa shape index (κ1) is 16.1. The zero-order chi connectivity index (χ0) is 17.4. The minimum absolute atomic E-state index is 0.101. The number of hydrogen-bond donors (Lipinski definition) is 1. The zero-order valence-corrected chi connectivity index (χ0v) is 14.1. The summed E-state index contributed by atoms with van der Waals surface area (Å²) in [5.74, 6) is 0.132. The van der Waals surface area contributed by atoms with Crippen molar-refractivity contribution < 1.29 is 14.6 Å². The molecule has 124 valence electrons. The topological polar surface area (TPSA) is 80.0 Å². The molecule has 8 heteroatoms. The van der Waals surface area contributed by atoms with Gasteiger partial charge in [0.1, 0.15) is 16.7 Å². The molecule has 7 nitrogen and oxygen atoms in total. The SMILES string of the molecule is COc1cccc(C)c1N(C)c1cc(Cl)nc2cc(C(=O)O)nn12. The first-order valence-corrected chi connectivity index (χ1v) is 7.47. The highest BCUT2D eigenvalue weighted by Gasteiger charge is 2.19. The minimum atomic E-state index is -1.13. The number of carboxylic acids is 1. The number of halogens is 1. The largest absolute Gasteiger partial charge is 0.495 e. The van der Waals surface area contributed by atoms with Crippen LogP contribution >= 0.6 is 11.6 Å². The van der Waals surface area contributed by atoms with E-state index in [1.54, 1.807) is 13.2 Å². The van der Waals surface area contributed by atoms with Crippen LogP contribution in [0.1, 0.15) is 16.1 Å². The molecule has 3 rings (SSSR count). The summed E-state index contributed by atoms with van der Waals surface area (Å²) in [6, 6.07) is 8.71. The van der Waals surface area contributed by atoms with Gasteiger partial charge in [0.15, 0.2) is 11.3 Å². The van der Waals surface area contributed by atoms with Crippen molar-refractivity contribution in [1.29, 1.82) is 0 Å². The molecular formula is C16H15ClN4O3. The lowest BCUT2D eigenvalue weighted by atomic mass is 10.1. The molecule has 0 amide bonds. The maximum atomic E-state index is 11.2. The number of para-hydroxylation sites is 1. The molecular weight excluding hydrogens is 332 g/mol. The van der Waals surface area contributed by atoms with Crippen LogP contribution in [-0.2, 0) is 0 Å². The molecule has 0 aliphatic rings. The summed E-state index contributed by atoms with van der Waals surface area (Å²) < 4.78 is 6.89. The number of fused-ring (bicyclic) bond motifs is 1. The summed E-state index contributed by atoms with van der Waals surface area (Å²) in [5, 5.41) is 13.5. The Morgan fingerprint density at radius 3 is 2.79 bits per heavy atom. The number of aromatic carboxylic acids is 1. The van der Waals surface area contributed by atoms with E-state index < -0.39 is 5.97 Å². The van der Waals surface area contributed by atoms with Crippen molar-refractivity contribution in [3.8, 4) is 5.75 Å². The highest BCUT2D eigenvalue weighted by atomic mass is 35.5. The summed E-state index contributed by atoms with van der Waals surface area (Å²) in [5.41, 5.74) is 2.07. The van der Waals surface area contributed by atoms with E-state index in [-0.39, 0.29) is 10.8 Å². The molecule has 0 radical (unpaired) electrons. The third kappa shape index (κ3) is 2.63. The Labute approximate surface area is 143 Å². The Kier molecular flexibility index (Phi) is 4.02. The van der Waals surface area contributed by atoms with E-state index in [1.165, 1.54) is 10.6 Å². The Balaban J connectivity index is 2.24. The number of benzene rings is 1. The second-order valence-electron chi connectivity index (χ2n) is 5.23. The van der Waals surface area contributed by atoms with Crippen LogP contribution in [0, 0.1) is 6.92 Å². The number of aryl methyl sites for hydroxylation is 1. The van der Waals surface area contributed by atoms with E-state index in [0.717, 1.165) is 11.3 Å². The lowest BCUT2D eigenvalue weighted by Crippen LogP contribution is -2.16. The van der Waals surface area contributed by atoms with Gasteiger partial charge >= 0.3 is 5.97 Å². The fourth-order valence-electron chi connectivity index (χ4n) is 2.61. The number of methoxy groups -OCH3 is 1. The van der Waals surface area contributed by atoms with Gasteiger partial charge in [0.05, 0.1) is 12.8 Å². The van der Waals surface area contributed by atoms with Gasteiger partial charge in [-0.2, -0.15) is 9.61 Å². The van der Waals surface area contributed by atoms with Gasteiger partial charge in [0.2, 0.25) is 0 Å². The average molecular weight is 347 g/mol. The zero-order valence-electron chi connectivity index (χ0n) is 13.3. The molecule has 0 unspecified atom stereocenters. The fraction of sp³-hybridized carbons (Fsp3) is 0.188. The van der Waals surface area contributed by atoms with Crippen molar-refractivity contribution in [1.82, 2.24) is 14.6 Å². The van der Waals surface area contributed by atoms with Gasteiger partial charge in [-0.15, -0.1) is 0 Å². The highest BCUT2D eigenvalue weighted by molar-refractivity contribution is 6.29. The molecule has 2 heterocycles. The van der Waals surface area contributed by atoms with Crippen LogP contribution < -0.4 is 9.64 Å². The summed E-state index contributed by atoms with van der Waals surface area (Å²) >= 11 is 6.10. The van der Waals surface area contributed by atoms with Crippen LogP contribution in [0.15, 0.2) is 30.3 Å². The molecule has 1 N–H and O–H groups in total. The van der Waals surface area contributed by atoms with E-state index in [9.17, 15) is 4.79 Å². The van der Waals surface area contributed by atoms with Crippen molar-refractivity contribution >= 4 is 34.7 Å². The van der Waals surface area contributed by atoms with Crippen molar-refractivity contribution in [3.05, 3.63) is 46.7 Å². The molecule has 3 aromatic rings. The van der Waals surface area contributed by atoms with Crippen LogP contribution in [0.25, 0.3) is 5.65 Å². The predicted octanol–water partition coefficient (Wildman–Crippen LogP) is 3.17. The number of rotatable bonds is 4. The first-order valence-electron chi connectivity index (χ1n) is 7.09. The maximum Gasteiger partial charge on any atom is 0.356 e. The van der Waals surface area contributed by atoms with E-state index in [2.05, 4.69) is 10.1 Å². The Hall–Kier alpha value is -2.80. The molecule has 0 bridgehead atoms. The van der Waals surface area contributed by atoms with Crippen molar-refractivity contribution in [2.45, 2.75) is 6.92 Å². The third-order valence-electron chi connectivity index (χ3n) is 3.70. The first-order chi connectivity index (χ1) is 11.4. The Morgan fingerprint density at radius 1 is 1.38 bits per heavy atom. The van der Waals surface area contributed by atoms with E-state index >= 15 is 0 Å². The summed E-state index contributed by atoms with van der Waals surface area (Å²) in [6.45, 7) is 1.96. The van der Waals surface area contributed by atoms with E-state index in [1.807, 2.05) is 37.1 Å².